The number of Topliss-reactive ketones (excluding diaryl/α,β-unsaturated/α-hetero) is 1. The fourth-order valence-corrected chi connectivity index (χ4v) is 14.9. The molecule has 13 aromatic carbocycles. The lowest BCUT2D eigenvalue weighted by atomic mass is 9.80. The molecule has 0 atom stereocenters. The van der Waals surface area contributed by atoms with Crippen molar-refractivity contribution in [3.05, 3.63) is 479 Å². The number of nitrogens with two attached hydrogens (primary N) is 1. The Balaban J connectivity index is 0.000000130. The lowest BCUT2D eigenvalue weighted by Crippen LogP contribution is -2.29. The van der Waals surface area contributed by atoms with E-state index in [1.54, 1.807) is 91.5 Å². The number of carbonyl (C=O) groups is 3. The molecule has 0 aliphatic rings. The average Bonchev–Trinajstić information content (AvgIpc) is 1.71. The number of hydrogen-bond acceptors (Lipinski definition) is 16. The highest BCUT2D eigenvalue weighted by Gasteiger charge is 2.17. The third-order valence-corrected chi connectivity index (χ3v) is 22.7. The number of hydrogen-bond donors (Lipinski definition) is 3. The number of para-hydroxylation sites is 2. The molecule has 0 bridgehead atoms. The third-order valence-electron chi connectivity index (χ3n) is 20.9. The largest absolute Gasteiger partial charge is 0.488 e. The molecule has 0 amide bonds. The molecular formula is C113H81BBr3ClN10O7. The number of halogens is 4. The van der Waals surface area contributed by atoms with Gasteiger partial charge in [0.2, 0.25) is 5.78 Å². The highest BCUT2D eigenvalue weighted by molar-refractivity contribution is 9.11. The van der Waals surface area contributed by atoms with Gasteiger partial charge < -0.3 is 24.6 Å². The number of furan rings is 2. The minimum atomic E-state index is -1.44. The number of amidine groups is 1. The number of rotatable bonds is 16. The number of allylic oxidation sites excluding steroid dienone is 1. The Labute approximate surface area is 810 Å². The number of fused-ring (bicyclic) bond motifs is 6. The smallest absolute Gasteiger partial charge is 0.456 e. The summed E-state index contributed by atoms with van der Waals surface area (Å²) in [5.41, 5.74) is 28.8. The maximum Gasteiger partial charge on any atom is 0.488 e. The molecule has 0 fully saturated rings. The number of aldehydes is 1. The van der Waals surface area contributed by atoms with Gasteiger partial charge in [-0.25, -0.2) is 19.9 Å². The molecule has 4 N–H and O–H groups in total. The molecule has 0 spiro atoms. The number of aromatic nitrogens is 8. The van der Waals surface area contributed by atoms with Crippen molar-refractivity contribution < 1.29 is 33.3 Å². The first-order chi connectivity index (χ1) is 66.0. The molecule has 0 radical (unpaired) electrons. The zero-order chi connectivity index (χ0) is 93.6. The van der Waals surface area contributed by atoms with Crippen LogP contribution in [0.15, 0.2) is 464 Å². The van der Waals surface area contributed by atoms with Gasteiger partial charge in [-0.2, -0.15) is 4.51 Å². The highest BCUT2D eigenvalue weighted by atomic mass is 79.9. The van der Waals surface area contributed by atoms with Crippen molar-refractivity contribution in [2.75, 3.05) is 0 Å². The summed E-state index contributed by atoms with van der Waals surface area (Å²) in [5, 5.41) is 22.8. The molecule has 21 aromatic rings. The summed E-state index contributed by atoms with van der Waals surface area (Å²) in [7, 11) is -1.44. The van der Waals surface area contributed by atoms with Gasteiger partial charge in [0, 0.05) is 112 Å². The van der Waals surface area contributed by atoms with Gasteiger partial charge in [0.25, 0.3) is 0 Å². The van der Waals surface area contributed by atoms with Crippen molar-refractivity contribution in [3.63, 3.8) is 0 Å². The molecule has 22 heteroatoms. The lowest BCUT2D eigenvalue weighted by molar-refractivity contribution is 0.101. The molecule has 0 saturated heterocycles. The Morgan fingerprint density at radius 3 is 1.09 bits per heavy atom. The molecule has 0 aliphatic heterocycles. The molecule has 21 rings (SSSR count). The van der Waals surface area contributed by atoms with Crippen LogP contribution in [0.2, 0.25) is 0 Å². The summed E-state index contributed by atoms with van der Waals surface area (Å²) < 4.78 is 18.2. The molecule has 0 unspecified atom stereocenters. The van der Waals surface area contributed by atoms with Crippen LogP contribution in [0.25, 0.3) is 151 Å². The van der Waals surface area contributed by atoms with E-state index in [2.05, 4.69) is 163 Å². The number of pyridine rings is 4. The zero-order valence-electron chi connectivity index (χ0n) is 72.4. The number of carbonyl (C=O) groups excluding carboxylic acids is 3. The highest BCUT2D eigenvalue weighted by Crippen LogP contribution is 2.37. The molecule has 0 aliphatic carbocycles. The van der Waals surface area contributed by atoms with Crippen LogP contribution in [-0.4, -0.2) is 80.7 Å². The second-order valence-electron chi connectivity index (χ2n) is 30.1. The normalized spacial score (nSPS) is 10.8. The first-order valence-electron chi connectivity index (χ1n) is 42.5. The molecular weight excluding hydrogens is 1900 g/mol. The number of nitrogens with zero attached hydrogens (tertiary/aromatic N) is 9. The van der Waals surface area contributed by atoms with E-state index in [-0.39, 0.29) is 11.6 Å². The quantitative estimate of drug-likeness (QED) is 0.0203. The van der Waals surface area contributed by atoms with Crippen molar-refractivity contribution in [3.8, 4) is 101 Å². The summed E-state index contributed by atoms with van der Waals surface area (Å²) in [4.78, 5) is 68.5. The van der Waals surface area contributed by atoms with Gasteiger partial charge in [0.05, 0.1) is 34.2 Å². The van der Waals surface area contributed by atoms with E-state index in [9.17, 15) is 14.4 Å². The fraction of sp³-hybridized carbons (Fsp3) is 0.00885. The average molecular weight is 1980 g/mol. The molecule has 8 heterocycles. The van der Waals surface area contributed by atoms with Crippen molar-refractivity contribution in [2.24, 2.45) is 10.2 Å². The van der Waals surface area contributed by atoms with Crippen LogP contribution in [0, 0.1) is 0 Å². The predicted molar refractivity (Wildman–Crippen MR) is 556 cm³/mol. The minimum absolute atomic E-state index is 0.00981. The molecule has 8 aromatic heterocycles. The Morgan fingerprint density at radius 1 is 0.341 bits per heavy atom. The molecule has 0 saturated carbocycles. The molecule has 135 heavy (non-hydrogen) atoms. The van der Waals surface area contributed by atoms with E-state index >= 15 is 0 Å². The van der Waals surface area contributed by atoms with Crippen molar-refractivity contribution in [1.82, 2.24) is 39.9 Å². The zero-order valence-corrected chi connectivity index (χ0v) is 77.9. The van der Waals surface area contributed by atoms with E-state index in [0.29, 0.717) is 39.9 Å². The summed E-state index contributed by atoms with van der Waals surface area (Å²) in [6.45, 7) is 1.50. The number of ketones is 2. The number of benzene rings is 13. The van der Waals surface area contributed by atoms with Gasteiger partial charge >= 0.3 is 7.12 Å². The topological polar surface area (TPSA) is 259 Å². The molecule has 656 valence electrons. The first-order valence-corrected chi connectivity index (χ1v) is 45.2. The van der Waals surface area contributed by atoms with Gasteiger partial charge in [-0.3, -0.25) is 34.3 Å². The van der Waals surface area contributed by atoms with Gasteiger partial charge in [-0.15, -0.1) is 0 Å². The van der Waals surface area contributed by atoms with E-state index in [1.807, 2.05) is 255 Å². The Hall–Kier alpha value is -15.8. The van der Waals surface area contributed by atoms with Crippen LogP contribution in [0.5, 0.6) is 0 Å². The summed E-state index contributed by atoms with van der Waals surface area (Å²) in [6.07, 6.45) is 10.9. The van der Waals surface area contributed by atoms with Crippen molar-refractivity contribution in [1.29, 1.82) is 0 Å². The van der Waals surface area contributed by atoms with Crippen LogP contribution >= 0.6 is 59.6 Å². The SMILES string of the molecule is Brc1ccc(-c2cc(-c3ccccn3)nc(-c3ccccc3)n2)cc1.CC(=O)c1ccccn1.NC(=NCl)c1ccccc1.O=C(/C=C/c1ccc(Br)cc1)c1ccccn1.O=Cc1ccc(Br)cc1.OB(O)c1ccc(-c2ccc3oc4ccccc4c3c2)cc1.c1ccc(-c2nc(-c3ccc(-c4ccc(-c5ccc6oc7ccccc7c6c5)cc4)cc3)cc(-c3ccccn3)n2)cc1. The minimum Gasteiger partial charge on any atom is -0.456 e. The second kappa shape index (κ2) is 46.8. The maximum atomic E-state index is 11.7. The van der Waals surface area contributed by atoms with Crippen LogP contribution < -0.4 is 11.2 Å². The first kappa shape index (κ1) is 93.8. The second-order valence-corrected chi connectivity index (χ2v) is 33.0. The van der Waals surface area contributed by atoms with Crippen molar-refractivity contribution in [2.45, 2.75) is 6.92 Å². The van der Waals surface area contributed by atoms with E-state index in [4.69, 9.17) is 56.3 Å². The van der Waals surface area contributed by atoms with E-state index in [0.717, 1.165) is 153 Å². The lowest BCUT2D eigenvalue weighted by Gasteiger charge is -2.10. The summed E-state index contributed by atoms with van der Waals surface area (Å²) >= 11 is 15.2. The molecule has 17 nitrogen and oxygen atoms in total. The Morgan fingerprint density at radius 2 is 0.689 bits per heavy atom. The van der Waals surface area contributed by atoms with Crippen LogP contribution in [0.1, 0.15) is 49.4 Å². The summed E-state index contributed by atoms with van der Waals surface area (Å²) in [5.74, 6) is 1.65. The van der Waals surface area contributed by atoms with Gasteiger partial charge in [0.15, 0.2) is 17.4 Å². The maximum absolute atomic E-state index is 11.7. The van der Waals surface area contributed by atoms with Crippen molar-refractivity contribution >= 4 is 146 Å². The van der Waals surface area contributed by atoms with Gasteiger partial charge in [-0.1, -0.05) is 327 Å². The monoisotopic (exact) mass is 1970 g/mol. The third kappa shape index (κ3) is 25.7. The van der Waals surface area contributed by atoms with Crippen LogP contribution in [0.3, 0.4) is 0 Å². The van der Waals surface area contributed by atoms with Gasteiger partial charge in [-0.05, 0) is 184 Å². The van der Waals surface area contributed by atoms with E-state index < -0.39 is 7.12 Å². The summed E-state index contributed by atoms with van der Waals surface area (Å²) in [6, 6.07) is 132. The van der Waals surface area contributed by atoms with Crippen LogP contribution in [-0.2, 0) is 0 Å². The van der Waals surface area contributed by atoms with Gasteiger partial charge in [0.1, 0.15) is 45.8 Å². The Kier molecular flexibility index (Phi) is 32.5. The standard InChI is InChI=1S/C39H25N3O.C21H14BrN3.C18H13BO3.C14H10BrNO.C7H5BrO.C7H7ClN2.C7H7NO/c1-2-8-30(9-3-1)39-41-35(25-36(42-39)34-11-6-7-23-40-34)29-19-17-27(18-20-29)26-13-15-28(16-14-26)31-21-22-38-33(24-31)32-10-4-5-12-37(32)43-38;22-17-11-9-15(10-12-17)19-14-20(18-8-4-5-13-23-18)25-21(24-19)16-6-2-1-3-7-16;20-19(21)14-8-5-12(6-9-14)13-7-10-18-16(11-13)15-3-1-2-4-17(15)22-18;15-12-7-4-11(5-8-12)6-9-14(17)13-3-1-2-10-16-13;8-7-3-1-6(5-9)2-4-7;8-10-7(9)6-4-2-1-3-5-6;1-6(9)7-4-2-3-5-8-7/h1-25H;1-14H;1-11,20-21H;1-10H;1-5H;1-5H,(H2,9,10);2-5H,1H3/b;;;9-6+;;;. The Bertz CT molecular complexity index is 7470. The predicted octanol–water partition coefficient (Wildman–Crippen LogP) is 27.5. The van der Waals surface area contributed by atoms with E-state index in [1.165, 1.54) is 24.1 Å². The fourth-order valence-electron chi connectivity index (χ4n) is 14.0. The van der Waals surface area contributed by atoms with Crippen LogP contribution in [0.4, 0.5) is 0 Å².